The van der Waals surface area contributed by atoms with E-state index in [1.807, 2.05) is 60.7 Å². The van der Waals surface area contributed by atoms with Crippen molar-refractivity contribution in [2.75, 3.05) is 0 Å². The predicted molar refractivity (Wildman–Crippen MR) is 98.3 cm³/mol. The largest absolute Gasteiger partial charge is 0.459 e. The molecule has 3 aromatic carbocycles. The Labute approximate surface area is 154 Å². The summed E-state index contributed by atoms with van der Waals surface area (Å²) in [6, 6.07) is 20.8. The third-order valence-electron chi connectivity index (χ3n) is 4.31. The Hall–Kier alpha value is -3.47. The summed E-state index contributed by atoms with van der Waals surface area (Å²) < 4.78 is 33.0. The van der Waals surface area contributed by atoms with Crippen LogP contribution in [0.4, 0.5) is 8.78 Å². The van der Waals surface area contributed by atoms with Crippen LogP contribution in [0.5, 0.6) is 0 Å². The zero-order valence-electron chi connectivity index (χ0n) is 14.2. The number of rotatable bonds is 4. The molecule has 1 atom stereocenters. The molecule has 0 fully saturated rings. The van der Waals surface area contributed by atoms with Gasteiger partial charge in [-0.3, -0.25) is 4.79 Å². The monoisotopic (exact) mass is 363 g/mol. The average Bonchev–Trinajstić information content (AvgIpc) is 3.10. The van der Waals surface area contributed by atoms with E-state index in [1.54, 1.807) is 0 Å². The van der Waals surface area contributed by atoms with Crippen molar-refractivity contribution in [3.63, 3.8) is 0 Å². The Morgan fingerprint density at radius 3 is 2.37 bits per heavy atom. The van der Waals surface area contributed by atoms with Gasteiger partial charge in [-0.05, 0) is 29.8 Å². The van der Waals surface area contributed by atoms with Crippen molar-refractivity contribution in [1.82, 2.24) is 5.32 Å². The van der Waals surface area contributed by atoms with E-state index in [0.717, 1.165) is 23.1 Å². The second-order valence-electron chi connectivity index (χ2n) is 6.13. The highest BCUT2D eigenvalue weighted by molar-refractivity contribution is 5.95. The zero-order chi connectivity index (χ0) is 18.8. The normalized spacial score (nSPS) is 12.1. The second kappa shape index (κ2) is 7.03. The number of nitrogens with one attached hydrogen (secondary N) is 1. The molecule has 134 valence electrons. The van der Waals surface area contributed by atoms with Gasteiger partial charge < -0.3 is 9.73 Å². The fourth-order valence-electron chi connectivity index (χ4n) is 2.99. The van der Waals surface area contributed by atoms with Gasteiger partial charge in [0.25, 0.3) is 5.91 Å². The highest BCUT2D eigenvalue weighted by Crippen LogP contribution is 2.28. The number of halogens is 2. The highest BCUT2D eigenvalue weighted by atomic mass is 19.1. The molecule has 0 aliphatic rings. The third-order valence-corrected chi connectivity index (χ3v) is 4.31. The van der Waals surface area contributed by atoms with E-state index < -0.39 is 23.6 Å². The van der Waals surface area contributed by atoms with Gasteiger partial charge in [-0.2, -0.15) is 0 Å². The number of carbonyl (C=O) groups excluding carboxylic acids is 1. The van der Waals surface area contributed by atoms with E-state index in [0.29, 0.717) is 17.4 Å². The van der Waals surface area contributed by atoms with Crippen LogP contribution < -0.4 is 5.32 Å². The van der Waals surface area contributed by atoms with Gasteiger partial charge in [0.05, 0.1) is 5.56 Å². The molecule has 0 saturated carbocycles. The summed E-state index contributed by atoms with van der Waals surface area (Å²) in [5.41, 5.74) is 1.25. The number of furan rings is 1. The molecule has 3 nitrogen and oxygen atoms in total. The minimum Gasteiger partial charge on any atom is -0.459 e. The first-order valence-electron chi connectivity index (χ1n) is 8.41. The number of carbonyl (C=O) groups is 1. The maximum atomic E-state index is 14.0. The van der Waals surface area contributed by atoms with E-state index in [9.17, 15) is 13.6 Å². The van der Waals surface area contributed by atoms with Crippen LogP contribution in [-0.2, 0) is 0 Å². The molecule has 4 aromatic rings. The molecule has 0 aliphatic heterocycles. The highest BCUT2D eigenvalue weighted by Gasteiger charge is 2.23. The lowest BCUT2D eigenvalue weighted by molar-refractivity contribution is 0.0935. The van der Waals surface area contributed by atoms with Crippen LogP contribution in [0.3, 0.4) is 0 Å². The quantitative estimate of drug-likeness (QED) is 0.539. The fraction of sp³-hybridized carbons (Fsp3) is 0.0455. The lowest BCUT2D eigenvalue weighted by Crippen LogP contribution is -2.29. The van der Waals surface area contributed by atoms with Gasteiger partial charge in [-0.15, -0.1) is 0 Å². The van der Waals surface area contributed by atoms with E-state index in [2.05, 4.69) is 5.32 Å². The number of hydrogen-bond acceptors (Lipinski definition) is 2. The third kappa shape index (κ3) is 3.44. The van der Waals surface area contributed by atoms with Gasteiger partial charge >= 0.3 is 0 Å². The summed E-state index contributed by atoms with van der Waals surface area (Å²) in [6.45, 7) is 0. The molecule has 1 aromatic heterocycles. The Morgan fingerprint density at radius 2 is 1.63 bits per heavy atom. The molecule has 0 spiro atoms. The predicted octanol–water partition coefficient (Wildman–Crippen LogP) is 5.23. The lowest BCUT2D eigenvalue weighted by Gasteiger charge is -2.17. The van der Waals surface area contributed by atoms with Crippen LogP contribution in [0.1, 0.15) is 27.7 Å². The molecule has 0 saturated heterocycles. The minimum atomic E-state index is -0.913. The Morgan fingerprint density at radius 1 is 0.889 bits per heavy atom. The van der Waals surface area contributed by atoms with Crippen molar-refractivity contribution < 1.29 is 18.0 Å². The summed E-state index contributed by atoms with van der Waals surface area (Å²) in [4.78, 5) is 12.6. The maximum absolute atomic E-state index is 14.0. The van der Waals surface area contributed by atoms with Crippen molar-refractivity contribution in [1.29, 1.82) is 0 Å². The van der Waals surface area contributed by atoms with Crippen molar-refractivity contribution >= 4 is 16.9 Å². The van der Waals surface area contributed by atoms with Crippen molar-refractivity contribution in [2.24, 2.45) is 0 Å². The van der Waals surface area contributed by atoms with Crippen LogP contribution in [0, 0.1) is 11.6 Å². The summed E-state index contributed by atoms with van der Waals surface area (Å²) in [7, 11) is 0. The Bertz CT molecular complexity index is 1070. The number of hydrogen-bond donors (Lipinski definition) is 1. The van der Waals surface area contributed by atoms with E-state index in [-0.39, 0.29) is 5.56 Å². The van der Waals surface area contributed by atoms with Gasteiger partial charge in [0.1, 0.15) is 29.0 Å². The van der Waals surface area contributed by atoms with Crippen LogP contribution >= 0.6 is 0 Å². The first-order chi connectivity index (χ1) is 13.1. The van der Waals surface area contributed by atoms with Crippen LogP contribution in [-0.4, -0.2) is 5.91 Å². The number of amides is 1. The first-order valence-corrected chi connectivity index (χ1v) is 8.41. The van der Waals surface area contributed by atoms with Crippen LogP contribution in [0.15, 0.2) is 83.3 Å². The van der Waals surface area contributed by atoms with Gasteiger partial charge in [0, 0.05) is 11.5 Å². The molecule has 0 bridgehead atoms. The Kier molecular flexibility index (Phi) is 4.42. The topological polar surface area (TPSA) is 42.2 Å². The van der Waals surface area contributed by atoms with Crippen molar-refractivity contribution in [3.8, 4) is 0 Å². The van der Waals surface area contributed by atoms with Gasteiger partial charge in [-0.25, -0.2) is 8.78 Å². The van der Waals surface area contributed by atoms with Crippen LogP contribution in [0.25, 0.3) is 11.0 Å². The van der Waals surface area contributed by atoms with Crippen molar-refractivity contribution in [2.45, 2.75) is 6.04 Å². The molecule has 0 unspecified atom stereocenters. The van der Waals surface area contributed by atoms with Crippen LogP contribution in [0.2, 0.25) is 0 Å². The smallest absolute Gasteiger partial charge is 0.255 e. The van der Waals surface area contributed by atoms with Gasteiger partial charge in [0.15, 0.2) is 0 Å². The Balaban J connectivity index is 1.73. The summed E-state index contributed by atoms with van der Waals surface area (Å²) in [5.74, 6) is -1.77. The molecular weight excluding hydrogens is 348 g/mol. The SMILES string of the molecule is O=C(N[C@H](c1ccccc1)c1cc2ccccc2o1)c1ccc(F)cc1F. The maximum Gasteiger partial charge on any atom is 0.255 e. The number of benzene rings is 3. The van der Waals surface area contributed by atoms with E-state index in [4.69, 9.17) is 4.42 Å². The molecule has 0 aliphatic carbocycles. The molecular formula is C22H15F2NO2. The van der Waals surface area contributed by atoms with Gasteiger partial charge in [-0.1, -0.05) is 48.5 Å². The lowest BCUT2D eigenvalue weighted by atomic mass is 10.0. The number of para-hydroxylation sites is 1. The number of fused-ring (bicyclic) bond motifs is 1. The summed E-state index contributed by atoms with van der Waals surface area (Å²) in [5, 5.41) is 3.69. The van der Waals surface area contributed by atoms with Crippen molar-refractivity contribution in [3.05, 3.63) is 107 Å². The standard InChI is InChI=1S/C22H15F2NO2/c23-16-10-11-17(18(24)13-16)22(26)25-21(14-6-2-1-3-7-14)20-12-15-8-4-5-9-19(15)27-20/h1-13,21H,(H,25,26)/t21-/m1/s1. The van der Waals surface area contributed by atoms with E-state index >= 15 is 0 Å². The second-order valence-corrected chi connectivity index (χ2v) is 6.13. The zero-order valence-corrected chi connectivity index (χ0v) is 14.2. The molecule has 4 rings (SSSR count). The fourth-order valence-corrected chi connectivity index (χ4v) is 2.99. The summed E-state index contributed by atoms with van der Waals surface area (Å²) in [6.07, 6.45) is 0. The van der Waals surface area contributed by atoms with Gasteiger partial charge in [0.2, 0.25) is 0 Å². The summed E-state index contributed by atoms with van der Waals surface area (Å²) >= 11 is 0. The molecule has 1 heterocycles. The molecule has 27 heavy (non-hydrogen) atoms. The average molecular weight is 363 g/mol. The molecule has 5 heteroatoms. The first kappa shape index (κ1) is 17.0. The molecule has 1 N–H and O–H groups in total. The molecule has 0 radical (unpaired) electrons. The van der Waals surface area contributed by atoms with E-state index in [1.165, 1.54) is 0 Å². The minimum absolute atomic E-state index is 0.228. The molecule has 1 amide bonds.